The van der Waals surface area contributed by atoms with E-state index in [2.05, 4.69) is 10.2 Å². The number of hydrogen-bond acceptors (Lipinski definition) is 11. The molecule has 5 rings (SSSR count). The predicted octanol–water partition coefficient (Wildman–Crippen LogP) is 5.94. The predicted molar refractivity (Wildman–Crippen MR) is 182 cm³/mol. The molecule has 49 heavy (non-hydrogen) atoms. The van der Waals surface area contributed by atoms with Gasteiger partial charge in [0.1, 0.15) is 13.2 Å². The van der Waals surface area contributed by atoms with Crippen LogP contribution in [0.2, 0.25) is 0 Å². The number of carbonyl (C=O) groups is 2. The summed E-state index contributed by atoms with van der Waals surface area (Å²) in [4.78, 5) is 55.2. The quantitative estimate of drug-likeness (QED) is 0.0815. The van der Waals surface area contributed by atoms with Crippen LogP contribution in [0.5, 0.6) is 17.2 Å². The lowest BCUT2D eigenvalue weighted by Gasteiger charge is -2.20. The van der Waals surface area contributed by atoms with Crippen LogP contribution in [-0.2, 0) is 29.2 Å². The molecule has 1 atom stereocenters. The fourth-order valence-corrected chi connectivity index (χ4v) is 6.27. The lowest BCUT2D eigenvalue weighted by atomic mass is 9.95. The number of nitrogens with one attached hydrogen (secondary N) is 1. The number of hydrogen-bond donors (Lipinski definition) is 1. The van der Waals surface area contributed by atoms with Crippen molar-refractivity contribution in [3.05, 3.63) is 127 Å². The minimum Gasteiger partial charge on any atom is -0.493 e. The fraction of sp³-hybridized carbons (Fsp3) is 0.250. The van der Waals surface area contributed by atoms with Gasteiger partial charge in [0.2, 0.25) is 5.75 Å². The second kappa shape index (κ2) is 15.6. The molecule has 0 unspecified atom stereocenters. The smallest absolute Gasteiger partial charge is 0.338 e. The standard InChI is InChI=1S/C36H34N2O10S/c1-44-30-17-23-11-13-28(27-18-29(39)31(49-4)14-12-26(27)32(23)34(46-3)33(30)45-2)37-35(40)24-9-5-7-21(15-24)19-47-36(41)25-10-6-8-22(16-25)20-48-38(42)43/h5-10,12,14-18,28H,11,13,19-20H2,1-4H3,(H,37,40)/t28-/m0/s1. The highest BCUT2D eigenvalue weighted by atomic mass is 32.2. The zero-order chi connectivity index (χ0) is 35.1. The third-order valence-electron chi connectivity index (χ3n) is 8.08. The van der Waals surface area contributed by atoms with Crippen LogP contribution < -0.4 is 25.0 Å². The number of esters is 1. The van der Waals surface area contributed by atoms with Crippen LogP contribution >= 0.6 is 11.8 Å². The van der Waals surface area contributed by atoms with E-state index in [-0.39, 0.29) is 30.1 Å². The van der Waals surface area contributed by atoms with Gasteiger partial charge in [0.25, 0.3) is 11.0 Å². The third-order valence-corrected chi connectivity index (χ3v) is 8.86. The highest BCUT2D eigenvalue weighted by Gasteiger charge is 2.30. The number of fused-ring (bicyclic) bond motifs is 3. The van der Waals surface area contributed by atoms with Gasteiger partial charge in [-0.2, -0.15) is 0 Å². The molecule has 0 aliphatic heterocycles. The first kappa shape index (κ1) is 34.8. The Morgan fingerprint density at radius 3 is 2.27 bits per heavy atom. The Kier molecular flexibility index (Phi) is 11.0. The monoisotopic (exact) mass is 686 g/mol. The van der Waals surface area contributed by atoms with Crippen molar-refractivity contribution in [1.29, 1.82) is 0 Å². The summed E-state index contributed by atoms with van der Waals surface area (Å²) in [5.74, 6) is 0.381. The van der Waals surface area contributed by atoms with E-state index in [1.807, 2.05) is 18.4 Å². The fourth-order valence-electron chi connectivity index (χ4n) is 5.81. The Bertz CT molecular complexity index is 1970. The Hall–Kier alpha value is -5.56. The third kappa shape index (κ3) is 7.78. The molecule has 1 N–H and O–H groups in total. The van der Waals surface area contributed by atoms with E-state index in [0.29, 0.717) is 57.2 Å². The van der Waals surface area contributed by atoms with Crippen LogP contribution in [0.15, 0.2) is 82.5 Å². The number of nitrogens with zero attached hydrogens (tertiary/aromatic N) is 1. The first-order chi connectivity index (χ1) is 23.7. The van der Waals surface area contributed by atoms with Gasteiger partial charge in [0, 0.05) is 11.1 Å². The molecule has 0 radical (unpaired) electrons. The Labute approximate surface area is 286 Å². The van der Waals surface area contributed by atoms with Crippen molar-refractivity contribution >= 4 is 23.6 Å². The number of rotatable bonds is 12. The molecule has 1 amide bonds. The number of carbonyl (C=O) groups excluding carboxylic acids is 2. The van der Waals surface area contributed by atoms with Crippen molar-refractivity contribution in [1.82, 2.24) is 5.32 Å². The molecule has 4 aromatic rings. The average molecular weight is 687 g/mol. The summed E-state index contributed by atoms with van der Waals surface area (Å²) < 4.78 is 22.6. The maximum absolute atomic E-state index is 13.8. The lowest BCUT2D eigenvalue weighted by molar-refractivity contribution is -0.763. The second-order valence-electron chi connectivity index (χ2n) is 11.0. The zero-order valence-corrected chi connectivity index (χ0v) is 28.1. The topological polar surface area (TPSA) is 153 Å². The van der Waals surface area contributed by atoms with Crippen LogP contribution in [0.1, 0.15) is 55.4 Å². The molecular formula is C36H34N2O10S. The summed E-state index contributed by atoms with van der Waals surface area (Å²) in [5.41, 5.74) is 4.41. The highest BCUT2D eigenvalue weighted by molar-refractivity contribution is 7.98. The van der Waals surface area contributed by atoms with E-state index < -0.39 is 17.1 Å². The van der Waals surface area contributed by atoms with Gasteiger partial charge in [-0.15, -0.1) is 21.9 Å². The van der Waals surface area contributed by atoms with E-state index >= 15 is 0 Å². The van der Waals surface area contributed by atoms with Crippen LogP contribution in [0.3, 0.4) is 0 Å². The van der Waals surface area contributed by atoms with Crippen LogP contribution in [0.25, 0.3) is 11.1 Å². The summed E-state index contributed by atoms with van der Waals surface area (Å²) in [7, 11) is 4.63. The minimum atomic E-state index is -0.907. The van der Waals surface area contributed by atoms with E-state index in [0.717, 1.165) is 16.7 Å². The minimum absolute atomic E-state index is 0.118. The molecule has 4 aromatic carbocycles. The summed E-state index contributed by atoms with van der Waals surface area (Å²) in [6.07, 6.45) is 2.85. The lowest BCUT2D eigenvalue weighted by Crippen LogP contribution is -2.29. The molecule has 12 nitrogen and oxygen atoms in total. The molecule has 0 spiro atoms. The number of benzene rings is 3. The summed E-state index contributed by atoms with van der Waals surface area (Å²) in [6, 6.07) is 19.4. The Balaban J connectivity index is 1.41. The molecule has 254 valence electrons. The van der Waals surface area contributed by atoms with Crippen molar-refractivity contribution in [3.8, 4) is 28.4 Å². The molecule has 13 heteroatoms. The van der Waals surface area contributed by atoms with Crippen molar-refractivity contribution < 1.29 is 38.5 Å². The molecule has 0 saturated carbocycles. The maximum atomic E-state index is 13.8. The molecule has 1 aliphatic carbocycles. The van der Waals surface area contributed by atoms with Gasteiger partial charge in [0.15, 0.2) is 16.9 Å². The number of thioether (sulfide) groups is 1. The number of amides is 1. The molecule has 0 fully saturated rings. The Morgan fingerprint density at radius 2 is 1.59 bits per heavy atom. The van der Waals surface area contributed by atoms with Gasteiger partial charge in [-0.1, -0.05) is 30.3 Å². The van der Waals surface area contributed by atoms with E-state index in [4.69, 9.17) is 18.9 Å². The van der Waals surface area contributed by atoms with E-state index in [1.54, 1.807) is 62.8 Å². The average Bonchev–Trinajstić information content (AvgIpc) is 3.36. The maximum Gasteiger partial charge on any atom is 0.338 e. The number of methoxy groups -OCH3 is 3. The van der Waals surface area contributed by atoms with Crippen molar-refractivity contribution in [2.75, 3.05) is 27.6 Å². The summed E-state index contributed by atoms with van der Waals surface area (Å²) in [5, 5.41) is 12.7. The summed E-state index contributed by atoms with van der Waals surface area (Å²) in [6.45, 7) is -0.417. The van der Waals surface area contributed by atoms with Gasteiger partial charge in [0.05, 0.1) is 37.8 Å². The van der Waals surface area contributed by atoms with Gasteiger partial charge < -0.3 is 29.1 Å². The van der Waals surface area contributed by atoms with Gasteiger partial charge >= 0.3 is 5.97 Å². The first-order valence-corrected chi connectivity index (χ1v) is 16.4. The number of aryl methyl sites for hydroxylation is 1. The molecule has 0 aromatic heterocycles. The molecule has 0 saturated heterocycles. The van der Waals surface area contributed by atoms with Gasteiger partial charge in [-0.25, -0.2) is 4.79 Å². The van der Waals surface area contributed by atoms with Crippen LogP contribution in [-0.4, -0.2) is 44.5 Å². The largest absolute Gasteiger partial charge is 0.493 e. The van der Waals surface area contributed by atoms with Crippen molar-refractivity contribution in [3.63, 3.8) is 0 Å². The highest BCUT2D eigenvalue weighted by Crippen LogP contribution is 2.50. The van der Waals surface area contributed by atoms with Crippen molar-refractivity contribution in [2.24, 2.45) is 0 Å². The van der Waals surface area contributed by atoms with E-state index in [9.17, 15) is 24.5 Å². The normalized spacial score (nSPS) is 13.2. The second-order valence-corrected chi connectivity index (χ2v) is 11.8. The Morgan fingerprint density at radius 1 is 0.898 bits per heavy atom. The first-order valence-electron chi connectivity index (χ1n) is 15.1. The number of ether oxygens (including phenoxy) is 4. The van der Waals surface area contributed by atoms with Crippen LogP contribution in [0, 0.1) is 10.1 Å². The molecule has 0 bridgehead atoms. The zero-order valence-electron chi connectivity index (χ0n) is 27.3. The summed E-state index contributed by atoms with van der Waals surface area (Å²) >= 11 is 1.34. The molecule has 1 aliphatic rings. The van der Waals surface area contributed by atoms with Gasteiger partial charge in [-0.3, -0.25) is 9.59 Å². The van der Waals surface area contributed by atoms with Gasteiger partial charge in [-0.05, 0) is 89.4 Å². The van der Waals surface area contributed by atoms with E-state index in [1.165, 1.54) is 31.0 Å². The van der Waals surface area contributed by atoms with Crippen LogP contribution in [0.4, 0.5) is 0 Å². The SMILES string of the molecule is COc1cc2c(c(OC)c1OC)-c1ccc(SC)c(=O)cc1[C@@H](NC(=O)c1cccc(COC(=O)c3cccc(CO[N+](=O)[O-])c3)c1)CC2. The van der Waals surface area contributed by atoms with Crippen molar-refractivity contribution in [2.45, 2.75) is 37.0 Å². The molecular weight excluding hydrogens is 652 g/mol. The molecule has 0 heterocycles.